The number of aromatic nitrogens is 2. The van der Waals surface area contributed by atoms with Crippen LogP contribution in [0, 0.1) is 11.3 Å². The summed E-state index contributed by atoms with van der Waals surface area (Å²) < 4.78 is 6.42. The van der Waals surface area contributed by atoms with Crippen LogP contribution in [-0.4, -0.2) is 15.4 Å². The van der Waals surface area contributed by atoms with E-state index in [1.54, 1.807) is 6.92 Å². The van der Waals surface area contributed by atoms with Gasteiger partial charge in [-0.05, 0) is 36.9 Å². The zero-order valence-corrected chi connectivity index (χ0v) is 11.3. The van der Waals surface area contributed by atoms with Crippen LogP contribution in [0.4, 0.5) is 0 Å². The summed E-state index contributed by atoms with van der Waals surface area (Å²) in [6, 6.07) is 9.71. The van der Waals surface area contributed by atoms with Gasteiger partial charge in [0.1, 0.15) is 0 Å². The maximum Gasteiger partial charge on any atom is 0.278 e. The zero-order valence-electron chi connectivity index (χ0n) is 8.92. The van der Waals surface area contributed by atoms with Gasteiger partial charge >= 0.3 is 0 Å². The van der Waals surface area contributed by atoms with Crippen LogP contribution in [0.25, 0.3) is 11.5 Å². The van der Waals surface area contributed by atoms with Gasteiger partial charge in [0.2, 0.25) is 5.89 Å². The van der Waals surface area contributed by atoms with Crippen LogP contribution in [-0.2, 0) is 0 Å². The van der Waals surface area contributed by atoms with Crippen LogP contribution in [0.15, 0.2) is 38.4 Å². The van der Waals surface area contributed by atoms with Gasteiger partial charge in [-0.1, -0.05) is 22.0 Å². The van der Waals surface area contributed by atoms with Gasteiger partial charge < -0.3 is 4.42 Å². The topological polar surface area (TPSA) is 62.7 Å². The van der Waals surface area contributed by atoms with Gasteiger partial charge in [-0.25, -0.2) is 0 Å². The van der Waals surface area contributed by atoms with Gasteiger partial charge in [0.25, 0.3) is 5.22 Å². The lowest BCUT2D eigenvalue weighted by molar-refractivity contribution is 0.465. The van der Waals surface area contributed by atoms with E-state index in [-0.39, 0.29) is 5.25 Å². The lowest BCUT2D eigenvalue weighted by Gasteiger charge is -1.96. The molecular formula is C11H8BrN3OS. The molecule has 1 heterocycles. The number of hydrogen-bond donors (Lipinski definition) is 0. The smallest absolute Gasteiger partial charge is 0.278 e. The second-order valence-corrected chi connectivity index (χ2v) is 5.48. The summed E-state index contributed by atoms with van der Waals surface area (Å²) in [6.07, 6.45) is 0. The molecule has 2 aromatic rings. The fourth-order valence-electron chi connectivity index (χ4n) is 1.17. The van der Waals surface area contributed by atoms with Crippen molar-refractivity contribution in [1.82, 2.24) is 10.2 Å². The van der Waals surface area contributed by atoms with E-state index in [0.29, 0.717) is 11.1 Å². The van der Waals surface area contributed by atoms with Crippen LogP contribution >= 0.6 is 27.7 Å². The average Bonchev–Trinajstić information content (AvgIpc) is 2.77. The zero-order chi connectivity index (χ0) is 12.3. The van der Waals surface area contributed by atoms with Gasteiger partial charge in [-0.2, -0.15) is 5.26 Å². The van der Waals surface area contributed by atoms with Crippen molar-refractivity contribution < 1.29 is 4.42 Å². The number of benzene rings is 1. The molecule has 86 valence electrons. The lowest BCUT2D eigenvalue weighted by atomic mass is 10.2. The molecule has 1 aromatic heterocycles. The number of nitriles is 1. The summed E-state index contributed by atoms with van der Waals surface area (Å²) in [5.74, 6) is 0.457. The normalized spacial score (nSPS) is 12.1. The third-order valence-electron chi connectivity index (χ3n) is 1.94. The van der Waals surface area contributed by atoms with Crippen LogP contribution in [0.3, 0.4) is 0 Å². The fraction of sp³-hybridized carbons (Fsp3) is 0.182. The third-order valence-corrected chi connectivity index (χ3v) is 3.26. The van der Waals surface area contributed by atoms with Crippen LogP contribution < -0.4 is 0 Å². The van der Waals surface area contributed by atoms with E-state index < -0.39 is 0 Å². The Morgan fingerprint density at radius 3 is 3.00 bits per heavy atom. The molecule has 0 unspecified atom stereocenters. The standard InChI is InChI=1S/C11H8BrN3OS/c1-7(6-13)17-11-15-14-10(16-11)8-3-2-4-9(12)5-8/h2-5,7H,1H3/t7-/m1/s1. The Balaban J connectivity index is 2.21. The highest BCUT2D eigenvalue weighted by Gasteiger charge is 2.12. The maximum absolute atomic E-state index is 8.69. The molecule has 0 aliphatic carbocycles. The van der Waals surface area contributed by atoms with Crippen LogP contribution in [0.5, 0.6) is 0 Å². The molecule has 2 rings (SSSR count). The third kappa shape index (κ3) is 3.08. The second-order valence-electron chi connectivity index (χ2n) is 3.27. The predicted octanol–water partition coefficient (Wildman–Crippen LogP) is 3.50. The van der Waals surface area contributed by atoms with E-state index in [0.717, 1.165) is 10.0 Å². The molecule has 17 heavy (non-hydrogen) atoms. The molecule has 0 radical (unpaired) electrons. The predicted molar refractivity (Wildman–Crippen MR) is 68.4 cm³/mol. The first-order valence-corrected chi connectivity index (χ1v) is 6.52. The lowest BCUT2D eigenvalue weighted by Crippen LogP contribution is -1.88. The largest absolute Gasteiger partial charge is 0.411 e. The molecule has 0 saturated heterocycles. The summed E-state index contributed by atoms with van der Waals surface area (Å²) in [4.78, 5) is 0. The van der Waals surface area contributed by atoms with Gasteiger partial charge in [-0.3, -0.25) is 0 Å². The minimum atomic E-state index is -0.203. The maximum atomic E-state index is 8.69. The molecule has 0 aliphatic heterocycles. The van der Waals surface area contributed by atoms with E-state index in [2.05, 4.69) is 32.2 Å². The van der Waals surface area contributed by atoms with E-state index in [1.807, 2.05) is 24.3 Å². The highest BCUT2D eigenvalue weighted by atomic mass is 79.9. The monoisotopic (exact) mass is 309 g/mol. The minimum absolute atomic E-state index is 0.203. The van der Waals surface area contributed by atoms with E-state index in [1.165, 1.54) is 11.8 Å². The quantitative estimate of drug-likeness (QED) is 0.812. The van der Waals surface area contributed by atoms with Gasteiger partial charge in [0.15, 0.2) is 0 Å². The number of thioether (sulfide) groups is 1. The fourth-order valence-corrected chi connectivity index (χ4v) is 2.14. The van der Waals surface area contributed by atoms with Crippen molar-refractivity contribution in [2.24, 2.45) is 0 Å². The Bertz CT molecular complexity index is 564. The Labute approximate surface area is 111 Å². The number of halogens is 1. The first-order chi connectivity index (χ1) is 8.19. The summed E-state index contributed by atoms with van der Waals surface area (Å²) in [5.41, 5.74) is 0.850. The molecule has 0 spiro atoms. The highest BCUT2D eigenvalue weighted by molar-refractivity contribution is 9.10. The van der Waals surface area contributed by atoms with Crippen LogP contribution in [0.2, 0.25) is 0 Å². The van der Waals surface area contributed by atoms with Gasteiger partial charge in [0, 0.05) is 10.0 Å². The van der Waals surface area contributed by atoms with Crippen molar-refractivity contribution in [2.75, 3.05) is 0 Å². The summed E-state index contributed by atoms with van der Waals surface area (Å²) in [7, 11) is 0. The summed E-state index contributed by atoms with van der Waals surface area (Å²) >= 11 is 4.63. The van der Waals surface area contributed by atoms with Crippen LogP contribution in [0.1, 0.15) is 6.92 Å². The van der Waals surface area contributed by atoms with Gasteiger partial charge in [-0.15, -0.1) is 10.2 Å². The molecule has 0 amide bonds. The van der Waals surface area contributed by atoms with E-state index in [4.69, 9.17) is 9.68 Å². The summed E-state index contributed by atoms with van der Waals surface area (Å²) in [6.45, 7) is 1.79. The Morgan fingerprint density at radius 1 is 1.47 bits per heavy atom. The van der Waals surface area contributed by atoms with Crippen molar-refractivity contribution in [3.8, 4) is 17.5 Å². The molecule has 0 aliphatic rings. The molecule has 0 fully saturated rings. The highest BCUT2D eigenvalue weighted by Crippen LogP contribution is 2.26. The SMILES string of the molecule is C[C@H](C#N)Sc1nnc(-c2cccc(Br)c2)o1. The van der Waals surface area contributed by atoms with Crippen molar-refractivity contribution in [3.05, 3.63) is 28.7 Å². The Hall–Kier alpha value is -1.32. The molecule has 6 heteroatoms. The Kier molecular flexibility index (Phi) is 3.82. The second kappa shape index (κ2) is 5.34. The van der Waals surface area contributed by atoms with Crippen molar-refractivity contribution >= 4 is 27.7 Å². The van der Waals surface area contributed by atoms with E-state index >= 15 is 0 Å². The molecule has 1 aromatic carbocycles. The Morgan fingerprint density at radius 2 is 2.29 bits per heavy atom. The number of hydrogen-bond acceptors (Lipinski definition) is 5. The first-order valence-electron chi connectivity index (χ1n) is 4.85. The summed E-state index contributed by atoms with van der Waals surface area (Å²) in [5, 5.41) is 16.7. The molecule has 4 nitrogen and oxygen atoms in total. The molecule has 0 saturated carbocycles. The van der Waals surface area contributed by atoms with Crippen molar-refractivity contribution in [3.63, 3.8) is 0 Å². The van der Waals surface area contributed by atoms with E-state index in [9.17, 15) is 0 Å². The number of nitrogens with zero attached hydrogens (tertiary/aromatic N) is 3. The first kappa shape index (κ1) is 12.1. The minimum Gasteiger partial charge on any atom is -0.411 e. The molecular weight excluding hydrogens is 302 g/mol. The average molecular weight is 310 g/mol. The number of rotatable bonds is 3. The molecule has 0 N–H and O–H groups in total. The molecule has 1 atom stereocenters. The van der Waals surface area contributed by atoms with Crippen molar-refractivity contribution in [2.45, 2.75) is 17.4 Å². The van der Waals surface area contributed by atoms with Crippen molar-refractivity contribution in [1.29, 1.82) is 5.26 Å². The van der Waals surface area contributed by atoms with Gasteiger partial charge in [0.05, 0.1) is 11.3 Å². The molecule has 0 bridgehead atoms.